The van der Waals surface area contributed by atoms with Gasteiger partial charge in [-0.25, -0.2) is 4.79 Å². The number of carboxylic acids is 1. The largest absolute Gasteiger partial charge is 0.481 e. The number of aliphatic carboxylic acids is 1. The molecule has 1 atom stereocenters. The van der Waals surface area contributed by atoms with Crippen LogP contribution in [-0.2, 0) is 23.1 Å². The van der Waals surface area contributed by atoms with Gasteiger partial charge in [0.2, 0.25) is 5.91 Å². The smallest absolute Gasteiger partial charge is 0.328 e. The lowest BCUT2D eigenvalue weighted by Crippen LogP contribution is -2.40. The van der Waals surface area contributed by atoms with Crippen LogP contribution in [0.1, 0.15) is 31.7 Å². The number of rotatable bonds is 7. The minimum atomic E-state index is -0.992. The Kier molecular flexibility index (Phi) is 5.89. The highest BCUT2D eigenvalue weighted by Crippen LogP contribution is 2.02. The van der Waals surface area contributed by atoms with Gasteiger partial charge < -0.3 is 15.4 Å². The Bertz CT molecular complexity index is 631. The van der Waals surface area contributed by atoms with Crippen molar-refractivity contribution < 1.29 is 14.7 Å². The summed E-state index contributed by atoms with van der Waals surface area (Å²) in [5, 5.41) is 11.4. The number of H-pyrrole nitrogens is 1. The summed E-state index contributed by atoms with van der Waals surface area (Å²) in [5.41, 5.74) is -0.946. The number of hydrogen-bond donors (Lipinski definition) is 3. The van der Waals surface area contributed by atoms with Crippen LogP contribution < -0.4 is 16.6 Å². The third-order valence-corrected chi connectivity index (χ3v) is 3.03. The molecule has 0 unspecified atom stereocenters. The van der Waals surface area contributed by atoms with Crippen molar-refractivity contribution in [2.75, 3.05) is 0 Å². The summed E-state index contributed by atoms with van der Waals surface area (Å²) in [6, 6.07) is -0.466. The quantitative estimate of drug-likeness (QED) is 0.619. The number of carbonyl (C=O) groups is 2. The highest BCUT2D eigenvalue weighted by molar-refractivity contribution is 5.79. The Hall–Kier alpha value is -2.38. The van der Waals surface area contributed by atoms with Crippen molar-refractivity contribution in [2.24, 2.45) is 7.05 Å². The molecule has 1 amide bonds. The monoisotopic (exact) mass is 297 g/mol. The topological polar surface area (TPSA) is 121 Å². The van der Waals surface area contributed by atoms with E-state index in [-0.39, 0.29) is 18.4 Å². The van der Waals surface area contributed by atoms with Gasteiger partial charge in [-0.05, 0) is 6.42 Å². The lowest BCUT2D eigenvalue weighted by molar-refractivity contribution is -0.137. The van der Waals surface area contributed by atoms with E-state index < -0.39 is 29.2 Å². The number of aromatic nitrogens is 2. The zero-order chi connectivity index (χ0) is 16.0. The first-order valence-corrected chi connectivity index (χ1v) is 6.63. The summed E-state index contributed by atoms with van der Waals surface area (Å²) in [6.45, 7) is 1.89. The third kappa shape index (κ3) is 4.90. The number of hydrogen-bond acceptors (Lipinski definition) is 4. The Labute approximate surface area is 120 Å². The van der Waals surface area contributed by atoms with E-state index in [1.54, 1.807) is 0 Å². The summed E-state index contributed by atoms with van der Waals surface area (Å²) in [5.74, 6) is -1.44. The normalized spacial score (nSPS) is 11.9. The number of nitrogens with zero attached hydrogens (tertiary/aromatic N) is 1. The van der Waals surface area contributed by atoms with Crippen LogP contribution in [0.2, 0.25) is 0 Å². The molecule has 0 aromatic carbocycles. The van der Waals surface area contributed by atoms with Crippen molar-refractivity contribution in [3.63, 3.8) is 0 Å². The first-order valence-electron chi connectivity index (χ1n) is 6.63. The Morgan fingerprint density at radius 1 is 1.43 bits per heavy atom. The van der Waals surface area contributed by atoms with E-state index in [0.29, 0.717) is 6.42 Å². The second-order valence-electron chi connectivity index (χ2n) is 4.81. The maximum atomic E-state index is 11.9. The lowest BCUT2D eigenvalue weighted by atomic mass is 10.1. The maximum Gasteiger partial charge on any atom is 0.328 e. The molecule has 8 heteroatoms. The lowest BCUT2D eigenvalue weighted by Gasteiger charge is -2.16. The molecule has 1 aromatic heterocycles. The standard InChI is InChI=1S/C13H19N3O5/c1-3-4-9(6-11(18)19)15-10(17)5-8-7-14-13(21)16(2)12(8)20/h7,9H,3-6H2,1-2H3,(H,14,21)(H,15,17)(H,18,19)/t9-/m1/s1. The Morgan fingerprint density at radius 2 is 2.10 bits per heavy atom. The van der Waals surface area contributed by atoms with Gasteiger partial charge in [-0.1, -0.05) is 13.3 Å². The molecule has 0 aliphatic heterocycles. The van der Waals surface area contributed by atoms with Crippen molar-refractivity contribution in [2.45, 2.75) is 38.6 Å². The molecular formula is C13H19N3O5. The predicted molar refractivity (Wildman–Crippen MR) is 75.1 cm³/mol. The molecule has 116 valence electrons. The second kappa shape index (κ2) is 7.41. The molecular weight excluding hydrogens is 278 g/mol. The fraction of sp³-hybridized carbons (Fsp3) is 0.538. The molecule has 0 bridgehead atoms. The molecule has 1 heterocycles. The van der Waals surface area contributed by atoms with E-state index in [1.807, 2.05) is 6.92 Å². The number of aromatic amines is 1. The molecule has 0 spiro atoms. The van der Waals surface area contributed by atoms with Gasteiger partial charge in [0.05, 0.1) is 12.8 Å². The summed E-state index contributed by atoms with van der Waals surface area (Å²) in [4.78, 5) is 47.9. The van der Waals surface area contributed by atoms with Gasteiger partial charge in [0.25, 0.3) is 5.56 Å². The van der Waals surface area contributed by atoms with E-state index in [0.717, 1.165) is 11.0 Å². The molecule has 1 aromatic rings. The molecule has 0 aliphatic carbocycles. The van der Waals surface area contributed by atoms with Crippen LogP contribution in [0.3, 0.4) is 0 Å². The first-order chi connectivity index (χ1) is 9.85. The average molecular weight is 297 g/mol. The van der Waals surface area contributed by atoms with Gasteiger partial charge in [0.15, 0.2) is 0 Å². The summed E-state index contributed by atoms with van der Waals surface area (Å²) < 4.78 is 0.878. The van der Waals surface area contributed by atoms with Gasteiger partial charge >= 0.3 is 11.7 Å². The summed E-state index contributed by atoms with van der Waals surface area (Å²) >= 11 is 0. The number of carbonyl (C=O) groups excluding carboxylic acids is 1. The third-order valence-electron chi connectivity index (χ3n) is 3.03. The van der Waals surface area contributed by atoms with Crippen LogP contribution in [0.25, 0.3) is 0 Å². The zero-order valence-corrected chi connectivity index (χ0v) is 12.0. The molecule has 3 N–H and O–H groups in total. The predicted octanol–water partition coefficient (Wildman–Crippen LogP) is -0.624. The van der Waals surface area contributed by atoms with Gasteiger partial charge in [0, 0.05) is 24.8 Å². The molecule has 21 heavy (non-hydrogen) atoms. The number of amides is 1. The molecule has 0 saturated heterocycles. The number of nitrogens with one attached hydrogen (secondary N) is 2. The van der Waals surface area contributed by atoms with Crippen LogP contribution in [0.15, 0.2) is 15.8 Å². The Balaban J connectivity index is 2.77. The molecule has 0 radical (unpaired) electrons. The van der Waals surface area contributed by atoms with Gasteiger partial charge in [-0.3, -0.25) is 19.0 Å². The van der Waals surface area contributed by atoms with Crippen molar-refractivity contribution in [3.05, 3.63) is 32.6 Å². The maximum absolute atomic E-state index is 11.9. The molecule has 0 aliphatic rings. The summed E-state index contributed by atoms with van der Waals surface area (Å²) in [6.07, 6.45) is 2.11. The van der Waals surface area contributed by atoms with Crippen LogP contribution >= 0.6 is 0 Å². The van der Waals surface area contributed by atoms with Gasteiger partial charge in [-0.2, -0.15) is 0 Å². The van der Waals surface area contributed by atoms with Crippen molar-refractivity contribution in [3.8, 4) is 0 Å². The fourth-order valence-electron chi connectivity index (χ4n) is 1.98. The fourth-order valence-corrected chi connectivity index (χ4v) is 1.98. The number of carboxylic acid groups (broad SMARTS) is 1. The van der Waals surface area contributed by atoms with E-state index in [4.69, 9.17) is 5.11 Å². The average Bonchev–Trinajstić information content (AvgIpc) is 2.39. The van der Waals surface area contributed by atoms with E-state index in [2.05, 4.69) is 10.3 Å². The highest BCUT2D eigenvalue weighted by Gasteiger charge is 2.16. The summed E-state index contributed by atoms with van der Waals surface area (Å²) in [7, 11) is 1.31. The van der Waals surface area contributed by atoms with Crippen molar-refractivity contribution >= 4 is 11.9 Å². The van der Waals surface area contributed by atoms with Crippen molar-refractivity contribution in [1.82, 2.24) is 14.9 Å². The molecule has 1 rings (SSSR count). The van der Waals surface area contributed by atoms with Crippen LogP contribution in [0, 0.1) is 0 Å². The van der Waals surface area contributed by atoms with Crippen LogP contribution in [0.5, 0.6) is 0 Å². The van der Waals surface area contributed by atoms with E-state index in [1.165, 1.54) is 13.2 Å². The van der Waals surface area contributed by atoms with Crippen molar-refractivity contribution in [1.29, 1.82) is 0 Å². The molecule has 0 fully saturated rings. The molecule has 8 nitrogen and oxygen atoms in total. The minimum Gasteiger partial charge on any atom is -0.481 e. The first kappa shape index (κ1) is 16.7. The van der Waals surface area contributed by atoms with Crippen LogP contribution in [0.4, 0.5) is 0 Å². The van der Waals surface area contributed by atoms with Gasteiger partial charge in [-0.15, -0.1) is 0 Å². The SMILES string of the molecule is CCC[C@H](CC(=O)O)NC(=O)Cc1c[nH]c(=O)n(C)c1=O. The van der Waals surface area contributed by atoms with Crippen LogP contribution in [-0.4, -0.2) is 32.6 Å². The second-order valence-corrected chi connectivity index (χ2v) is 4.81. The Morgan fingerprint density at radius 3 is 2.67 bits per heavy atom. The minimum absolute atomic E-state index is 0.153. The van der Waals surface area contributed by atoms with E-state index in [9.17, 15) is 19.2 Å². The van der Waals surface area contributed by atoms with E-state index >= 15 is 0 Å². The molecule has 0 saturated carbocycles. The van der Waals surface area contributed by atoms with Gasteiger partial charge in [0.1, 0.15) is 0 Å². The zero-order valence-electron chi connectivity index (χ0n) is 12.0. The highest BCUT2D eigenvalue weighted by atomic mass is 16.4.